The highest BCUT2D eigenvalue weighted by atomic mass is 32.1. The summed E-state index contributed by atoms with van der Waals surface area (Å²) in [5, 5.41) is 9.93. The fraction of sp³-hybridized carbons (Fsp3) is 0.640. The Balaban J connectivity index is 2.07. The van der Waals surface area contributed by atoms with Gasteiger partial charge in [-0.3, -0.25) is 14.5 Å². The Hall–Kier alpha value is -2.33. The minimum Gasteiger partial charge on any atom is -0.477 e. The number of aromatic carboxylic acids is 1. The third-order valence-corrected chi connectivity index (χ3v) is 7.30. The molecule has 0 unspecified atom stereocenters. The summed E-state index contributed by atoms with van der Waals surface area (Å²) in [6, 6.07) is 1.02. The molecule has 2 heterocycles. The molecule has 1 saturated heterocycles. The van der Waals surface area contributed by atoms with Gasteiger partial charge in [0.15, 0.2) is 0 Å². The van der Waals surface area contributed by atoms with Crippen molar-refractivity contribution in [2.45, 2.75) is 72.3 Å². The Morgan fingerprint density at radius 2 is 1.84 bits per heavy atom. The standard InChI is InChI=1S/C25H34N2O4S/c1-16-8-10-17(11-9-16)22(28)27(19-7-6-14-26(5)23(19)29)20-15-18(12-13-25(2,3)4)32-21(20)24(30)31/h15-17,19H,6-11,14H2,1-5H3,(H,30,31)/t16-,17-,19-/m0/s1. The van der Waals surface area contributed by atoms with E-state index in [4.69, 9.17) is 0 Å². The van der Waals surface area contributed by atoms with E-state index in [1.807, 2.05) is 20.8 Å². The molecule has 0 bridgehead atoms. The largest absolute Gasteiger partial charge is 0.477 e. The third kappa shape index (κ3) is 5.53. The van der Waals surface area contributed by atoms with Gasteiger partial charge in [-0.15, -0.1) is 11.3 Å². The number of anilines is 1. The summed E-state index contributed by atoms with van der Waals surface area (Å²) < 4.78 is 0. The van der Waals surface area contributed by atoms with Crippen LogP contribution in [0.2, 0.25) is 0 Å². The van der Waals surface area contributed by atoms with Crippen molar-refractivity contribution in [3.05, 3.63) is 15.8 Å². The van der Waals surface area contributed by atoms with E-state index >= 15 is 0 Å². The van der Waals surface area contributed by atoms with Crippen molar-refractivity contribution in [1.29, 1.82) is 0 Å². The molecule has 1 N–H and O–H groups in total. The number of carboxylic acid groups (broad SMARTS) is 1. The maximum absolute atomic E-state index is 13.8. The fourth-order valence-electron chi connectivity index (χ4n) is 4.42. The molecule has 6 nitrogen and oxygen atoms in total. The summed E-state index contributed by atoms with van der Waals surface area (Å²) in [6.07, 6.45) is 4.81. The van der Waals surface area contributed by atoms with Crippen molar-refractivity contribution in [2.24, 2.45) is 17.3 Å². The zero-order chi connectivity index (χ0) is 23.6. The number of thiophene rings is 1. The molecular formula is C25H34N2O4S. The molecule has 2 amide bonds. The van der Waals surface area contributed by atoms with Gasteiger partial charge in [-0.1, -0.05) is 18.8 Å². The zero-order valence-corrected chi connectivity index (χ0v) is 20.6. The van der Waals surface area contributed by atoms with Crippen molar-refractivity contribution in [3.8, 4) is 11.8 Å². The molecule has 0 spiro atoms. The van der Waals surface area contributed by atoms with Gasteiger partial charge in [-0.05, 0) is 71.3 Å². The second-order valence-electron chi connectivity index (χ2n) is 10.2. The second kappa shape index (κ2) is 9.66. The molecule has 1 aliphatic heterocycles. The molecule has 1 aliphatic carbocycles. The lowest BCUT2D eigenvalue weighted by molar-refractivity contribution is -0.136. The van der Waals surface area contributed by atoms with Crippen LogP contribution >= 0.6 is 11.3 Å². The molecule has 0 aromatic carbocycles. The summed E-state index contributed by atoms with van der Waals surface area (Å²) >= 11 is 1.08. The van der Waals surface area contributed by atoms with Crippen molar-refractivity contribution in [1.82, 2.24) is 4.90 Å². The molecule has 1 aromatic heterocycles. The molecule has 32 heavy (non-hydrogen) atoms. The number of rotatable bonds is 4. The van der Waals surface area contributed by atoms with Gasteiger partial charge in [0.25, 0.3) is 0 Å². The van der Waals surface area contributed by atoms with E-state index < -0.39 is 12.0 Å². The number of likely N-dealkylation sites (N-methyl/N-ethyl adjacent to an activating group) is 1. The minimum absolute atomic E-state index is 0.0711. The molecule has 2 fully saturated rings. The van der Waals surface area contributed by atoms with E-state index in [-0.39, 0.29) is 28.0 Å². The van der Waals surface area contributed by atoms with E-state index in [0.29, 0.717) is 29.4 Å². The highest BCUT2D eigenvalue weighted by molar-refractivity contribution is 7.15. The maximum atomic E-state index is 13.8. The lowest BCUT2D eigenvalue weighted by Gasteiger charge is -2.39. The zero-order valence-electron chi connectivity index (χ0n) is 19.7. The number of piperidine rings is 1. The number of nitrogens with zero attached hydrogens (tertiary/aromatic N) is 2. The Morgan fingerprint density at radius 1 is 1.19 bits per heavy atom. The van der Waals surface area contributed by atoms with Gasteiger partial charge in [0.2, 0.25) is 11.8 Å². The smallest absolute Gasteiger partial charge is 0.348 e. The molecular weight excluding hydrogens is 424 g/mol. The normalized spacial score (nSPS) is 24.0. The van der Waals surface area contributed by atoms with Gasteiger partial charge < -0.3 is 10.0 Å². The maximum Gasteiger partial charge on any atom is 0.348 e. The Bertz CT molecular complexity index is 941. The van der Waals surface area contributed by atoms with Gasteiger partial charge in [0.1, 0.15) is 10.9 Å². The van der Waals surface area contributed by atoms with Gasteiger partial charge in [0, 0.05) is 24.9 Å². The van der Waals surface area contributed by atoms with Crippen LogP contribution in [0.1, 0.15) is 80.8 Å². The van der Waals surface area contributed by atoms with Crippen LogP contribution in [-0.4, -0.2) is 47.4 Å². The molecule has 1 aromatic rings. The number of carboxylic acids is 1. The summed E-state index contributed by atoms with van der Waals surface area (Å²) in [7, 11) is 1.74. The van der Waals surface area contributed by atoms with Gasteiger partial charge in [0.05, 0.1) is 10.6 Å². The van der Waals surface area contributed by atoms with Crippen LogP contribution in [0.4, 0.5) is 5.69 Å². The third-order valence-electron chi connectivity index (χ3n) is 6.27. The lowest BCUT2D eigenvalue weighted by atomic mass is 9.82. The van der Waals surface area contributed by atoms with Crippen LogP contribution in [0.5, 0.6) is 0 Å². The van der Waals surface area contributed by atoms with Crippen molar-refractivity contribution < 1.29 is 19.5 Å². The Morgan fingerprint density at radius 3 is 2.44 bits per heavy atom. The first-order valence-electron chi connectivity index (χ1n) is 11.5. The summed E-state index contributed by atoms with van der Waals surface area (Å²) in [6.45, 7) is 8.81. The highest BCUT2D eigenvalue weighted by Gasteiger charge is 2.40. The van der Waals surface area contributed by atoms with Crippen molar-refractivity contribution in [3.63, 3.8) is 0 Å². The summed E-state index contributed by atoms with van der Waals surface area (Å²) in [4.78, 5) is 42.8. The number of amides is 2. The predicted octanol–water partition coefficient (Wildman–Crippen LogP) is 4.62. The number of carbonyl (C=O) groups is 3. The van der Waals surface area contributed by atoms with Crippen LogP contribution in [0.25, 0.3) is 0 Å². The number of carbonyl (C=O) groups excluding carboxylic acids is 2. The van der Waals surface area contributed by atoms with Crippen LogP contribution < -0.4 is 4.90 Å². The molecule has 174 valence electrons. The fourth-order valence-corrected chi connectivity index (χ4v) is 5.26. The first kappa shape index (κ1) is 24.3. The molecule has 1 atom stereocenters. The van der Waals surface area contributed by atoms with Gasteiger partial charge in [-0.25, -0.2) is 4.79 Å². The number of hydrogen-bond acceptors (Lipinski definition) is 4. The van der Waals surface area contributed by atoms with E-state index in [0.717, 1.165) is 43.4 Å². The predicted molar refractivity (Wildman–Crippen MR) is 127 cm³/mol. The minimum atomic E-state index is -1.10. The van der Waals surface area contributed by atoms with Gasteiger partial charge in [-0.2, -0.15) is 0 Å². The molecule has 2 aliphatic rings. The number of hydrogen-bond donors (Lipinski definition) is 1. The van der Waals surface area contributed by atoms with Crippen molar-refractivity contribution in [2.75, 3.05) is 18.5 Å². The first-order valence-corrected chi connectivity index (χ1v) is 12.3. The van der Waals surface area contributed by atoms with E-state index in [2.05, 4.69) is 18.8 Å². The monoisotopic (exact) mass is 458 g/mol. The molecule has 3 rings (SSSR count). The second-order valence-corrected chi connectivity index (χ2v) is 11.3. The Labute approximate surface area is 195 Å². The van der Waals surface area contributed by atoms with Crippen LogP contribution in [0.3, 0.4) is 0 Å². The van der Waals surface area contributed by atoms with E-state index in [1.165, 1.54) is 4.90 Å². The number of likely N-dealkylation sites (tertiary alicyclic amines) is 1. The SMILES string of the molecule is CN1CCC[C@H](N(c2cc(C#CC(C)(C)C)sc2C(=O)O)C(=O)[C@H]2CC[C@H](C)CC2)C1=O. The molecule has 0 radical (unpaired) electrons. The van der Waals surface area contributed by atoms with Crippen LogP contribution in [0.15, 0.2) is 6.07 Å². The lowest BCUT2D eigenvalue weighted by Crippen LogP contribution is -2.55. The van der Waals surface area contributed by atoms with Crippen LogP contribution in [-0.2, 0) is 9.59 Å². The van der Waals surface area contributed by atoms with E-state index in [1.54, 1.807) is 18.0 Å². The molecule has 1 saturated carbocycles. The summed E-state index contributed by atoms with van der Waals surface area (Å²) in [5.74, 6) is 5.27. The first-order chi connectivity index (χ1) is 15.0. The average molecular weight is 459 g/mol. The highest BCUT2D eigenvalue weighted by Crippen LogP contribution is 2.37. The summed E-state index contributed by atoms with van der Waals surface area (Å²) in [5.41, 5.74) is 0.0853. The van der Waals surface area contributed by atoms with E-state index in [9.17, 15) is 19.5 Å². The average Bonchev–Trinajstić information content (AvgIpc) is 3.14. The van der Waals surface area contributed by atoms with Crippen LogP contribution in [0, 0.1) is 29.1 Å². The van der Waals surface area contributed by atoms with Gasteiger partial charge >= 0.3 is 5.97 Å². The van der Waals surface area contributed by atoms with Crippen molar-refractivity contribution >= 4 is 34.8 Å². The topological polar surface area (TPSA) is 77.9 Å². The molecule has 7 heteroatoms. The Kier molecular flexibility index (Phi) is 7.34. The quantitative estimate of drug-likeness (QED) is 0.668.